The van der Waals surface area contributed by atoms with Crippen LogP contribution in [0.4, 0.5) is 10.6 Å². The number of hydrogen-bond donors (Lipinski definition) is 2. The number of nitrogens with zero attached hydrogens (tertiary/aromatic N) is 4. The number of likely N-dealkylation sites (tertiary alicyclic amines) is 1. The summed E-state index contributed by atoms with van der Waals surface area (Å²) in [4.78, 5) is 27.7. The van der Waals surface area contributed by atoms with E-state index in [1.165, 1.54) is 11.3 Å². The van der Waals surface area contributed by atoms with Gasteiger partial charge in [0.1, 0.15) is 10.6 Å². The normalized spacial score (nSPS) is 18.3. The largest absolute Gasteiger partial charge is 0.359 e. The second-order valence-corrected chi connectivity index (χ2v) is 10.3. The number of nitrogens with one attached hydrogen (secondary N) is 2. The highest BCUT2D eigenvalue weighted by atomic mass is 32.1. The van der Waals surface area contributed by atoms with Gasteiger partial charge in [-0.2, -0.15) is 5.10 Å². The fraction of sp³-hybridized carbons (Fsp3) is 0.500. The first kappa shape index (κ1) is 19.1. The molecule has 0 atom stereocenters. The Balaban J connectivity index is 1.10. The van der Waals surface area contributed by atoms with Crippen molar-refractivity contribution in [2.75, 3.05) is 18.4 Å². The number of thiazole rings is 1. The quantitative estimate of drug-likeness (QED) is 0.667. The number of aromatic nitrogens is 3. The third kappa shape index (κ3) is 3.24. The third-order valence-corrected chi connectivity index (χ3v) is 6.77. The molecule has 2 N–H and O–H groups in total. The maximum atomic E-state index is 12.7. The zero-order valence-electron chi connectivity index (χ0n) is 17.1. The van der Waals surface area contributed by atoms with Gasteiger partial charge >= 0.3 is 6.03 Å². The van der Waals surface area contributed by atoms with E-state index in [0.29, 0.717) is 11.4 Å². The molecule has 0 bridgehead atoms. The minimum Gasteiger partial charge on any atom is -0.359 e. The average molecular weight is 429 g/mol. The molecule has 3 amide bonds. The number of carbonyl (C=O) groups is 2. The molecule has 2 fully saturated rings. The molecular formula is C20H24N6O3S. The molecule has 1 aliphatic heterocycles. The molecular weight excluding hydrogens is 404 g/mol. The number of rotatable bonds is 3. The Kier molecular flexibility index (Phi) is 4.18. The molecule has 5 rings (SSSR count). The van der Waals surface area contributed by atoms with Crippen molar-refractivity contribution in [3.05, 3.63) is 35.2 Å². The minimum absolute atomic E-state index is 0.0351. The molecule has 4 heterocycles. The number of anilines is 1. The van der Waals surface area contributed by atoms with E-state index in [0.717, 1.165) is 36.5 Å². The summed E-state index contributed by atoms with van der Waals surface area (Å²) in [5, 5.41) is 15.8. The van der Waals surface area contributed by atoms with E-state index < -0.39 is 0 Å². The fourth-order valence-electron chi connectivity index (χ4n) is 4.32. The monoisotopic (exact) mass is 428 g/mol. The Hall–Kier alpha value is -2.88. The highest BCUT2D eigenvalue weighted by Gasteiger charge is 2.54. The summed E-state index contributed by atoms with van der Waals surface area (Å²) >= 11 is 1.52. The summed E-state index contributed by atoms with van der Waals surface area (Å²) < 4.78 is 7.02. The summed E-state index contributed by atoms with van der Waals surface area (Å²) in [7, 11) is 0. The van der Waals surface area contributed by atoms with Crippen molar-refractivity contribution in [3.63, 3.8) is 0 Å². The molecule has 0 unspecified atom stereocenters. The van der Waals surface area contributed by atoms with Gasteiger partial charge in [-0.05, 0) is 12.8 Å². The SMILES string of the molecule is CC(C)(C)c1cc(NC(=O)NC2CC3(C2)CN(C(=O)c2cnn4ccsc24)C3)no1. The van der Waals surface area contributed by atoms with Crippen LogP contribution < -0.4 is 10.6 Å². The van der Waals surface area contributed by atoms with Crippen molar-refractivity contribution in [1.29, 1.82) is 0 Å². The summed E-state index contributed by atoms with van der Waals surface area (Å²) in [6, 6.07) is 1.57. The van der Waals surface area contributed by atoms with Crippen LogP contribution in [-0.4, -0.2) is 50.7 Å². The van der Waals surface area contributed by atoms with Crippen LogP contribution in [0, 0.1) is 5.41 Å². The number of fused-ring (bicyclic) bond motifs is 1. The minimum atomic E-state index is -0.282. The van der Waals surface area contributed by atoms with Gasteiger partial charge in [0.05, 0.1) is 11.8 Å². The maximum Gasteiger partial charge on any atom is 0.320 e. The molecule has 1 aliphatic carbocycles. The lowest BCUT2D eigenvalue weighted by Crippen LogP contribution is -2.67. The van der Waals surface area contributed by atoms with E-state index in [4.69, 9.17) is 4.52 Å². The van der Waals surface area contributed by atoms with Crippen LogP contribution in [0.25, 0.3) is 4.83 Å². The zero-order chi connectivity index (χ0) is 21.1. The van der Waals surface area contributed by atoms with Crippen LogP contribution in [0.5, 0.6) is 0 Å². The summed E-state index contributed by atoms with van der Waals surface area (Å²) in [5.74, 6) is 1.17. The fourth-order valence-corrected chi connectivity index (χ4v) is 5.11. The Labute approximate surface area is 177 Å². The van der Waals surface area contributed by atoms with Crippen molar-refractivity contribution in [1.82, 2.24) is 25.0 Å². The van der Waals surface area contributed by atoms with Gasteiger partial charge < -0.3 is 14.7 Å². The Morgan fingerprint density at radius 2 is 2.07 bits per heavy atom. The van der Waals surface area contributed by atoms with Gasteiger partial charge in [-0.3, -0.25) is 10.1 Å². The van der Waals surface area contributed by atoms with Crippen molar-refractivity contribution in [3.8, 4) is 0 Å². The predicted octanol–water partition coefficient (Wildman–Crippen LogP) is 3.11. The standard InChI is InChI=1S/C20H24N6O3S/c1-19(2,3)14-6-15(24-29-14)23-18(28)22-12-7-20(8-12)10-25(11-20)16(27)13-9-21-26-4-5-30-17(13)26/h4-6,9,12H,7-8,10-11H2,1-3H3,(H2,22,23,24,28). The summed E-state index contributed by atoms with van der Waals surface area (Å²) in [5.41, 5.74) is 0.627. The third-order valence-electron chi connectivity index (χ3n) is 5.89. The lowest BCUT2D eigenvalue weighted by Gasteiger charge is -2.58. The molecule has 0 radical (unpaired) electrons. The number of hydrogen-bond acceptors (Lipinski definition) is 6. The molecule has 10 heteroatoms. The van der Waals surface area contributed by atoms with E-state index in [1.807, 2.05) is 37.2 Å². The lowest BCUT2D eigenvalue weighted by atomic mass is 9.60. The molecule has 30 heavy (non-hydrogen) atoms. The predicted molar refractivity (Wildman–Crippen MR) is 112 cm³/mol. The number of carbonyl (C=O) groups excluding carboxylic acids is 2. The van der Waals surface area contributed by atoms with Crippen molar-refractivity contribution >= 4 is 33.9 Å². The number of amides is 3. The first-order valence-electron chi connectivity index (χ1n) is 9.97. The van der Waals surface area contributed by atoms with Gasteiger partial charge in [0.2, 0.25) is 0 Å². The number of urea groups is 1. The summed E-state index contributed by atoms with van der Waals surface area (Å²) in [6.07, 6.45) is 5.24. The molecule has 9 nitrogen and oxygen atoms in total. The van der Waals surface area contributed by atoms with Crippen LogP contribution in [0.2, 0.25) is 0 Å². The molecule has 1 saturated carbocycles. The topological polar surface area (TPSA) is 105 Å². The van der Waals surface area contributed by atoms with E-state index in [2.05, 4.69) is 20.9 Å². The van der Waals surface area contributed by atoms with Gasteiger partial charge in [-0.1, -0.05) is 25.9 Å². The van der Waals surface area contributed by atoms with Crippen molar-refractivity contribution < 1.29 is 14.1 Å². The van der Waals surface area contributed by atoms with E-state index >= 15 is 0 Å². The second-order valence-electron chi connectivity index (χ2n) is 9.40. The first-order chi connectivity index (χ1) is 14.2. The molecule has 1 spiro atoms. The highest BCUT2D eigenvalue weighted by Crippen LogP contribution is 2.48. The first-order valence-corrected chi connectivity index (χ1v) is 10.9. The maximum absolute atomic E-state index is 12.7. The van der Waals surface area contributed by atoms with E-state index in [1.54, 1.807) is 16.8 Å². The molecule has 2 aliphatic rings. The Morgan fingerprint density at radius 3 is 2.77 bits per heavy atom. The summed E-state index contributed by atoms with van der Waals surface area (Å²) in [6.45, 7) is 7.52. The zero-order valence-corrected chi connectivity index (χ0v) is 18.0. The van der Waals surface area contributed by atoms with Crippen molar-refractivity contribution in [2.24, 2.45) is 5.41 Å². The molecule has 3 aromatic heterocycles. The van der Waals surface area contributed by atoms with Crippen LogP contribution in [0.3, 0.4) is 0 Å². The molecule has 158 valence electrons. The Morgan fingerprint density at radius 1 is 1.30 bits per heavy atom. The van der Waals surface area contributed by atoms with Gasteiger partial charge in [-0.15, -0.1) is 11.3 Å². The lowest BCUT2D eigenvalue weighted by molar-refractivity contribution is -0.0582. The molecule has 1 saturated heterocycles. The van der Waals surface area contributed by atoms with Gasteiger partial charge in [0.25, 0.3) is 5.91 Å². The van der Waals surface area contributed by atoms with Crippen LogP contribution in [0.15, 0.2) is 28.4 Å². The smallest absolute Gasteiger partial charge is 0.320 e. The Bertz CT molecular complexity index is 1110. The molecule has 3 aromatic rings. The van der Waals surface area contributed by atoms with Gasteiger partial charge in [-0.25, -0.2) is 9.31 Å². The molecule has 0 aromatic carbocycles. The van der Waals surface area contributed by atoms with Gasteiger partial charge in [0.15, 0.2) is 5.82 Å². The highest BCUT2D eigenvalue weighted by molar-refractivity contribution is 7.15. The van der Waals surface area contributed by atoms with Crippen LogP contribution in [0.1, 0.15) is 49.7 Å². The van der Waals surface area contributed by atoms with Crippen LogP contribution in [-0.2, 0) is 5.41 Å². The van der Waals surface area contributed by atoms with E-state index in [-0.39, 0.29) is 28.8 Å². The second kappa shape index (κ2) is 6.56. The average Bonchev–Trinajstić information content (AvgIpc) is 3.30. The van der Waals surface area contributed by atoms with Crippen molar-refractivity contribution in [2.45, 2.75) is 45.1 Å². The van der Waals surface area contributed by atoms with E-state index in [9.17, 15) is 9.59 Å². The van der Waals surface area contributed by atoms with Gasteiger partial charge in [0, 0.05) is 47.6 Å². The van der Waals surface area contributed by atoms with Crippen LogP contribution >= 0.6 is 11.3 Å².